The van der Waals surface area contributed by atoms with Gasteiger partial charge in [0.15, 0.2) is 0 Å². The molecule has 1 aliphatic carbocycles. The number of hydrogen-bond donors (Lipinski definition) is 1. The Labute approximate surface area is 102 Å². The molecule has 0 radical (unpaired) electrons. The van der Waals surface area contributed by atoms with Crippen LogP contribution in [-0.4, -0.2) is 11.5 Å². The maximum atomic E-state index is 5.76. The molecule has 1 atom stereocenters. The van der Waals surface area contributed by atoms with Crippen molar-refractivity contribution in [1.29, 1.82) is 0 Å². The van der Waals surface area contributed by atoms with Crippen molar-refractivity contribution in [2.24, 2.45) is 5.92 Å². The molecule has 1 aromatic rings. The molecule has 0 saturated heterocycles. The van der Waals surface area contributed by atoms with E-state index in [4.69, 9.17) is 11.6 Å². The molecule has 1 N–H and O–H groups in total. The molecule has 88 valence electrons. The van der Waals surface area contributed by atoms with E-state index < -0.39 is 0 Å². The molecule has 16 heavy (non-hydrogen) atoms. The second-order valence-electron chi connectivity index (χ2n) is 4.68. The number of nitrogens with zero attached hydrogens (tertiary/aromatic N) is 1. The van der Waals surface area contributed by atoms with E-state index in [9.17, 15) is 0 Å². The first kappa shape index (κ1) is 11.9. The van der Waals surface area contributed by atoms with E-state index in [1.165, 1.54) is 31.2 Å². The fourth-order valence-corrected chi connectivity index (χ4v) is 2.16. The summed E-state index contributed by atoms with van der Waals surface area (Å²) in [4.78, 5) is 4.10. The first-order valence-corrected chi connectivity index (χ1v) is 6.48. The SMILES string of the molecule is CC(NCCC1CCC1)c1ccc(Cl)nc1. The van der Waals surface area contributed by atoms with Crippen LogP contribution < -0.4 is 5.32 Å². The van der Waals surface area contributed by atoms with Gasteiger partial charge in [-0.3, -0.25) is 0 Å². The summed E-state index contributed by atoms with van der Waals surface area (Å²) in [5, 5.41) is 4.09. The van der Waals surface area contributed by atoms with E-state index in [1.807, 2.05) is 18.3 Å². The lowest BCUT2D eigenvalue weighted by molar-refractivity contribution is 0.288. The highest BCUT2D eigenvalue weighted by Gasteiger charge is 2.16. The Hall–Kier alpha value is -0.600. The molecule has 1 fully saturated rings. The minimum absolute atomic E-state index is 0.366. The highest BCUT2D eigenvalue weighted by atomic mass is 35.5. The van der Waals surface area contributed by atoms with Gasteiger partial charge in [0, 0.05) is 12.2 Å². The van der Waals surface area contributed by atoms with Crippen LogP contribution in [0.15, 0.2) is 18.3 Å². The predicted molar refractivity (Wildman–Crippen MR) is 67.6 cm³/mol. The van der Waals surface area contributed by atoms with Crippen molar-refractivity contribution in [3.8, 4) is 0 Å². The highest BCUT2D eigenvalue weighted by molar-refractivity contribution is 6.29. The van der Waals surface area contributed by atoms with Gasteiger partial charge in [-0.25, -0.2) is 4.98 Å². The lowest BCUT2D eigenvalue weighted by Crippen LogP contribution is -2.24. The zero-order chi connectivity index (χ0) is 11.4. The van der Waals surface area contributed by atoms with Gasteiger partial charge in [0.2, 0.25) is 0 Å². The third-order valence-electron chi connectivity index (χ3n) is 3.48. The molecule has 0 spiro atoms. The summed E-state index contributed by atoms with van der Waals surface area (Å²) in [6.07, 6.45) is 7.45. The van der Waals surface area contributed by atoms with E-state index in [1.54, 1.807) is 0 Å². The molecule has 1 unspecified atom stereocenters. The molecule has 1 saturated carbocycles. The number of pyridine rings is 1. The van der Waals surface area contributed by atoms with Gasteiger partial charge in [-0.05, 0) is 37.4 Å². The summed E-state index contributed by atoms with van der Waals surface area (Å²) in [5.41, 5.74) is 1.21. The van der Waals surface area contributed by atoms with Crippen LogP contribution >= 0.6 is 11.6 Å². The summed E-state index contributed by atoms with van der Waals surface area (Å²) >= 11 is 5.76. The largest absolute Gasteiger partial charge is 0.310 e. The second kappa shape index (κ2) is 5.65. The minimum atomic E-state index is 0.366. The molecule has 2 rings (SSSR count). The number of halogens is 1. The third-order valence-corrected chi connectivity index (χ3v) is 3.70. The van der Waals surface area contributed by atoms with E-state index in [0.717, 1.165) is 12.5 Å². The Kier molecular flexibility index (Phi) is 4.19. The van der Waals surface area contributed by atoms with Gasteiger partial charge >= 0.3 is 0 Å². The highest BCUT2D eigenvalue weighted by Crippen LogP contribution is 2.29. The van der Waals surface area contributed by atoms with Gasteiger partial charge in [0.1, 0.15) is 5.15 Å². The van der Waals surface area contributed by atoms with Gasteiger partial charge in [-0.1, -0.05) is 36.9 Å². The molecule has 0 amide bonds. The molecule has 3 heteroatoms. The summed E-state index contributed by atoms with van der Waals surface area (Å²) < 4.78 is 0. The van der Waals surface area contributed by atoms with Crippen molar-refractivity contribution < 1.29 is 0 Å². The van der Waals surface area contributed by atoms with Crippen LogP contribution in [-0.2, 0) is 0 Å². The van der Waals surface area contributed by atoms with Crippen LogP contribution in [0.2, 0.25) is 5.15 Å². The monoisotopic (exact) mass is 238 g/mol. The fourth-order valence-electron chi connectivity index (χ4n) is 2.05. The Morgan fingerprint density at radius 1 is 1.50 bits per heavy atom. The van der Waals surface area contributed by atoms with Crippen LogP contribution in [0.5, 0.6) is 0 Å². The summed E-state index contributed by atoms with van der Waals surface area (Å²) in [5.74, 6) is 0.975. The smallest absolute Gasteiger partial charge is 0.129 e. The van der Waals surface area contributed by atoms with E-state index in [-0.39, 0.29) is 0 Å². The van der Waals surface area contributed by atoms with Crippen molar-refractivity contribution >= 4 is 11.6 Å². The number of aromatic nitrogens is 1. The van der Waals surface area contributed by atoms with E-state index in [2.05, 4.69) is 17.2 Å². The molecule has 1 aromatic heterocycles. The van der Waals surface area contributed by atoms with Crippen molar-refractivity contribution in [2.45, 2.75) is 38.6 Å². The first-order chi connectivity index (χ1) is 7.75. The Balaban J connectivity index is 1.73. The van der Waals surface area contributed by atoms with Crippen LogP contribution in [0.3, 0.4) is 0 Å². The van der Waals surface area contributed by atoms with Crippen LogP contribution in [0.1, 0.15) is 44.2 Å². The van der Waals surface area contributed by atoms with Gasteiger partial charge < -0.3 is 5.32 Å². The lowest BCUT2D eigenvalue weighted by atomic mass is 9.83. The van der Waals surface area contributed by atoms with Crippen LogP contribution in [0, 0.1) is 5.92 Å². The van der Waals surface area contributed by atoms with Gasteiger partial charge in [0.05, 0.1) is 0 Å². The van der Waals surface area contributed by atoms with Crippen LogP contribution in [0.4, 0.5) is 0 Å². The van der Waals surface area contributed by atoms with Gasteiger partial charge in [0.25, 0.3) is 0 Å². The Bertz CT molecular complexity index is 319. The molecule has 2 nitrogen and oxygen atoms in total. The summed E-state index contributed by atoms with van der Waals surface area (Å²) in [6.45, 7) is 3.28. The van der Waals surface area contributed by atoms with E-state index in [0.29, 0.717) is 11.2 Å². The summed E-state index contributed by atoms with van der Waals surface area (Å²) in [7, 11) is 0. The minimum Gasteiger partial charge on any atom is -0.310 e. The number of rotatable bonds is 5. The van der Waals surface area contributed by atoms with Crippen molar-refractivity contribution in [1.82, 2.24) is 10.3 Å². The van der Waals surface area contributed by atoms with Crippen molar-refractivity contribution in [3.63, 3.8) is 0 Å². The van der Waals surface area contributed by atoms with Crippen molar-refractivity contribution in [2.75, 3.05) is 6.54 Å². The molecule has 0 bridgehead atoms. The molecular weight excluding hydrogens is 220 g/mol. The first-order valence-electron chi connectivity index (χ1n) is 6.10. The maximum Gasteiger partial charge on any atom is 0.129 e. The van der Waals surface area contributed by atoms with E-state index >= 15 is 0 Å². The predicted octanol–water partition coefficient (Wildman–Crippen LogP) is 3.58. The average Bonchev–Trinajstić information content (AvgIpc) is 2.22. The normalized spacial score (nSPS) is 18.1. The zero-order valence-electron chi connectivity index (χ0n) is 9.75. The maximum absolute atomic E-state index is 5.76. The standard InChI is InChI=1S/C13H19ClN2/c1-10(12-5-6-13(14)16-9-12)15-8-7-11-3-2-4-11/h5-6,9-11,15H,2-4,7-8H2,1H3. The quantitative estimate of drug-likeness (QED) is 0.794. The van der Waals surface area contributed by atoms with Gasteiger partial charge in [-0.2, -0.15) is 0 Å². The second-order valence-corrected chi connectivity index (χ2v) is 5.06. The average molecular weight is 239 g/mol. The topological polar surface area (TPSA) is 24.9 Å². The van der Waals surface area contributed by atoms with Crippen molar-refractivity contribution in [3.05, 3.63) is 29.0 Å². The lowest BCUT2D eigenvalue weighted by Gasteiger charge is -2.26. The third kappa shape index (κ3) is 3.19. The molecule has 0 aromatic carbocycles. The Morgan fingerprint density at radius 3 is 2.88 bits per heavy atom. The number of nitrogens with one attached hydrogen (secondary N) is 1. The van der Waals surface area contributed by atoms with Crippen LogP contribution in [0.25, 0.3) is 0 Å². The number of hydrogen-bond acceptors (Lipinski definition) is 2. The molecule has 1 aliphatic rings. The molecular formula is C13H19ClN2. The zero-order valence-corrected chi connectivity index (χ0v) is 10.5. The Morgan fingerprint density at radius 2 is 2.31 bits per heavy atom. The molecule has 0 aliphatic heterocycles. The molecule has 1 heterocycles. The van der Waals surface area contributed by atoms with Gasteiger partial charge in [-0.15, -0.1) is 0 Å². The summed E-state index contributed by atoms with van der Waals surface area (Å²) in [6, 6.07) is 4.25. The fraction of sp³-hybridized carbons (Fsp3) is 0.615.